The third-order valence-electron chi connectivity index (χ3n) is 5.79. The maximum absolute atomic E-state index is 13.8. The van der Waals surface area contributed by atoms with E-state index in [0.29, 0.717) is 17.1 Å². The van der Waals surface area contributed by atoms with E-state index in [0.717, 1.165) is 10.4 Å². The molecular formula is C26H26Cl2N4O6S. The molecule has 0 heterocycles. The fourth-order valence-corrected chi connectivity index (χ4v) is 5.50. The summed E-state index contributed by atoms with van der Waals surface area (Å²) < 4.78 is 28.2. The van der Waals surface area contributed by atoms with Crippen molar-refractivity contribution in [1.29, 1.82) is 0 Å². The molecule has 10 nitrogen and oxygen atoms in total. The van der Waals surface area contributed by atoms with Crippen molar-refractivity contribution in [3.63, 3.8) is 0 Å². The standard InChI is InChI=1S/C26H26Cl2N4O6S/c1-3-29-26(34)18(2)30(16-19-12-13-23(27)24(28)14-19)25(33)17-31(20-8-7-9-21(15-20)32(35)36)39(37,38)22-10-5-4-6-11-22/h4-15,18H,3,16-17H2,1-2H3,(H,29,34)/t18-/m0/s1. The van der Waals surface area contributed by atoms with E-state index in [1.165, 1.54) is 54.3 Å². The van der Waals surface area contributed by atoms with E-state index in [4.69, 9.17) is 23.2 Å². The lowest BCUT2D eigenvalue weighted by atomic mass is 10.1. The highest BCUT2D eigenvalue weighted by Crippen LogP contribution is 2.28. The van der Waals surface area contributed by atoms with E-state index in [9.17, 15) is 28.1 Å². The number of nitrogens with one attached hydrogen (secondary N) is 1. The molecule has 0 aromatic heterocycles. The minimum atomic E-state index is -4.34. The Balaban J connectivity index is 2.07. The van der Waals surface area contributed by atoms with Crippen LogP contribution in [0, 0.1) is 10.1 Å². The van der Waals surface area contributed by atoms with Gasteiger partial charge in [-0.15, -0.1) is 0 Å². The molecule has 0 spiro atoms. The highest BCUT2D eigenvalue weighted by Gasteiger charge is 2.33. The Kier molecular flexibility index (Phi) is 9.90. The number of carbonyl (C=O) groups is 2. The molecule has 0 aliphatic rings. The van der Waals surface area contributed by atoms with Crippen LogP contribution in [0.5, 0.6) is 0 Å². The van der Waals surface area contributed by atoms with Gasteiger partial charge in [0.2, 0.25) is 11.8 Å². The third kappa shape index (κ3) is 7.25. The SMILES string of the molecule is CCNC(=O)[C@H](C)N(Cc1ccc(Cl)c(Cl)c1)C(=O)CN(c1cccc([N+](=O)[O-])c1)S(=O)(=O)c1ccccc1. The largest absolute Gasteiger partial charge is 0.355 e. The Labute approximate surface area is 236 Å². The Morgan fingerprint density at radius 2 is 1.69 bits per heavy atom. The molecule has 0 aliphatic heterocycles. The first-order valence-corrected chi connectivity index (χ1v) is 14.0. The van der Waals surface area contributed by atoms with Gasteiger partial charge in [-0.1, -0.05) is 53.5 Å². The lowest BCUT2D eigenvalue weighted by Gasteiger charge is -2.32. The number of non-ortho nitro benzene ring substituents is 1. The summed E-state index contributed by atoms with van der Waals surface area (Å²) in [5, 5.41) is 14.6. The number of sulfonamides is 1. The van der Waals surface area contributed by atoms with Crippen molar-refractivity contribution in [3.05, 3.63) is 98.5 Å². The number of nitro benzene ring substituents is 1. The number of benzene rings is 3. The van der Waals surface area contributed by atoms with Gasteiger partial charge in [-0.05, 0) is 49.7 Å². The second-order valence-electron chi connectivity index (χ2n) is 8.44. The fourth-order valence-electron chi connectivity index (χ4n) is 3.75. The zero-order valence-electron chi connectivity index (χ0n) is 21.1. The minimum Gasteiger partial charge on any atom is -0.355 e. The lowest BCUT2D eigenvalue weighted by Crippen LogP contribution is -2.51. The molecule has 3 aromatic carbocycles. The number of halogens is 2. The summed E-state index contributed by atoms with van der Waals surface area (Å²) in [6.07, 6.45) is 0. The smallest absolute Gasteiger partial charge is 0.271 e. The Morgan fingerprint density at radius 1 is 1.00 bits per heavy atom. The van der Waals surface area contributed by atoms with Gasteiger partial charge in [0.05, 0.1) is 25.6 Å². The Hall–Kier alpha value is -3.67. The van der Waals surface area contributed by atoms with Gasteiger partial charge in [0.1, 0.15) is 12.6 Å². The van der Waals surface area contributed by atoms with Gasteiger partial charge in [0, 0.05) is 25.2 Å². The average molecular weight is 593 g/mol. The van der Waals surface area contributed by atoms with Gasteiger partial charge >= 0.3 is 0 Å². The molecular weight excluding hydrogens is 567 g/mol. The van der Waals surface area contributed by atoms with E-state index in [1.807, 2.05) is 0 Å². The molecule has 0 saturated carbocycles. The van der Waals surface area contributed by atoms with Crippen LogP contribution in [0.1, 0.15) is 19.4 Å². The van der Waals surface area contributed by atoms with Crippen molar-refractivity contribution in [2.24, 2.45) is 0 Å². The maximum Gasteiger partial charge on any atom is 0.271 e. The van der Waals surface area contributed by atoms with Gasteiger partial charge < -0.3 is 10.2 Å². The van der Waals surface area contributed by atoms with Crippen molar-refractivity contribution in [3.8, 4) is 0 Å². The third-order valence-corrected chi connectivity index (χ3v) is 8.32. The number of hydrogen-bond donors (Lipinski definition) is 1. The van der Waals surface area contributed by atoms with E-state index in [-0.39, 0.29) is 27.8 Å². The summed E-state index contributed by atoms with van der Waals surface area (Å²) in [6.45, 7) is 2.75. The maximum atomic E-state index is 13.8. The second kappa shape index (κ2) is 12.9. The molecule has 39 heavy (non-hydrogen) atoms. The summed E-state index contributed by atoms with van der Waals surface area (Å²) >= 11 is 12.2. The number of hydrogen-bond acceptors (Lipinski definition) is 6. The van der Waals surface area contributed by atoms with Crippen LogP contribution in [0.3, 0.4) is 0 Å². The zero-order chi connectivity index (χ0) is 28.7. The summed E-state index contributed by atoms with van der Waals surface area (Å²) in [4.78, 5) is 38.4. The predicted octanol–water partition coefficient (Wildman–Crippen LogP) is 4.65. The summed E-state index contributed by atoms with van der Waals surface area (Å²) in [5.74, 6) is -1.16. The molecule has 0 fully saturated rings. The molecule has 2 amide bonds. The molecule has 206 valence electrons. The minimum absolute atomic E-state index is 0.0812. The number of anilines is 1. The summed E-state index contributed by atoms with van der Waals surface area (Å²) in [6, 6.07) is 16.1. The van der Waals surface area contributed by atoms with Gasteiger partial charge in [0.25, 0.3) is 15.7 Å². The number of nitro groups is 1. The van der Waals surface area contributed by atoms with Crippen molar-refractivity contribution >= 4 is 56.4 Å². The molecule has 1 N–H and O–H groups in total. The lowest BCUT2D eigenvalue weighted by molar-refractivity contribution is -0.384. The molecule has 0 aliphatic carbocycles. The Bertz CT molecular complexity index is 1470. The van der Waals surface area contributed by atoms with Gasteiger partial charge in [-0.3, -0.25) is 24.0 Å². The average Bonchev–Trinajstić information content (AvgIpc) is 2.92. The molecule has 0 unspecified atom stereocenters. The number of nitrogens with zero attached hydrogens (tertiary/aromatic N) is 3. The van der Waals surface area contributed by atoms with Crippen molar-refractivity contribution in [2.45, 2.75) is 31.3 Å². The van der Waals surface area contributed by atoms with Crippen LogP contribution in [0.15, 0.2) is 77.7 Å². The molecule has 0 bridgehead atoms. The van der Waals surface area contributed by atoms with E-state index < -0.39 is 39.3 Å². The number of rotatable bonds is 11. The van der Waals surface area contributed by atoms with Crippen LogP contribution >= 0.6 is 23.2 Å². The van der Waals surface area contributed by atoms with E-state index >= 15 is 0 Å². The number of carbonyl (C=O) groups excluding carboxylic acids is 2. The highest BCUT2D eigenvalue weighted by molar-refractivity contribution is 7.92. The van der Waals surface area contributed by atoms with Crippen molar-refractivity contribution < 1.29 is 22.9 Å². The van der Waals surface area contributed by atoms with Crippen molar-refractivity contribution in [1.82, 2.24) is 10.2 Å². The van der Waals surface area contributed by atoms with Crippen LogP contribution in [-0.4, -0.2) is 49.2 Å². The zero-order valence-corrected chi connectivity index (χ0v) is 23.4. The highest BCUT2D eigenvalue weighted by atomic mass is 35.5. The van der Waals surface area contributed by atoms with Crippen LogP contribution in [0.2, 0.25) is 10.0 Å². The van der Waals surface area contributed by atoms with Gasteiger partial charge in [-0.2, -0.15) is 0 Å². The predicted molar refractivity (Wildman–Crippen MR) is 149 cm³/mol. The van der Waals surface area contributed by atoms with Crippen LogP contribution in [0.4, 0.5) is 11.4 Å². The molecule has 13 heteroatoms. The monoisotopic (exact) mass is 592 g/mol. The summed E-state index contributed by atoms with van der Waals surface area (Å²) in [5.41, 5.74) is 0.125. The molecule has 0 radical (unpaired) electrons. The normalized spacial score (nSPS) is 11.9. The Morgan fingerprint density at radius 3 is 2.31 bits per heavy atom. The molecule has 3 rings (SSSR count). The first kappa shape index (κ1) is 29.9. The first-order chi connectivity index (χ1) is 18.4. The van der Waals surface area contributed by atoms with Crippen LogP contribution in [-0.2, 0) is 26.2 Å². The molecule has 3 aromatic rings. The first-order valence-electron chi connectivity index (χ1n) is 11.8. The van der Waals surface area contributed by atoms with Gasteiger partial charge in [-0.25, -0.2) is 8.42 Å². The van der Waals surface area contributed by atoms with E-state index in [2.05, 4.69) is 5.32 Å². The fraction of sp³-hybridized carbons (Fsp3) is 0.231. The number of likely N-dealkylation sites (N-methyl/N-ethyl adjacent to an activating group) is 1. The van der Waals surface area contributed by atoms with E-state index in [1.54, 1.807) is 31.2 Å². The second-order valence-corrected chi connectivity index (χ2v) is 11.1. The molecule has 1 atom stereocenters. The summed E-state index contributed by atoms with van der Waals surface area (Å²) in [7, 11) is -4.34. The topological polar surface area (TPSA) is 130 Å². The van der Waals surface area contributed by atoms with Gasteiger partial charge in [0.15, 0.2) is 0 Å². The number of amides is 2. The molecule has 0 saturated heterocycles. The van der Waals surface area contributed by atoms with Crippen LogP contribution in [0.25, 0.3) is 0 Å². The van der Waals surface area contributed by atoms with Crippen LogP contribution < -0.4 is 9.62 Å². The quantitative estimate of drug-likeness (QED) is 0.255. The van der Waals surface area contributed by atoms with Crippen molar-refractivity contribution in [2.75, 3.05) is 17.4 Å².